The maximum Gasteiger partial charge on any atom is 0.0500 e. The third-order valence-corrected chi connectivity index (χ3v) is 4.51. The van der Waals surface area contributed by atoms with Gasteiger partial charge in [0.2, 0.25) is 0 Å². The van der Waals surface area contributed by atoms with Gasteiger partial charge in [0, 0.05) is 38.4 Å². The minimum absolute atomic E-state index is 0.661. The van der Waals surface area contributed by atoms with E-state index in [1.807, 2.05) is 7.11 Å². The van der Waals surface area contributed by atoms with Crippen LogP contribution in [0.5, 0.6) is 0 Å². The molecule has 0 saturated carbocycles. The summed E-state index contributed by atoms with van der Waals surface area (Å²) in [6, 6.07) is 2.39. The van der Waals surface area contributed by atoms with Crippen LogP contribution in [0.3, 0.4) is 0 Å². The van der Waals surface area contributed by atoms with Crippen molar-refractivity contribution in [3.8, 4) is 0 Å². The Labute approximate surface area is 106 Å². The first kappa shape index (κ1) is 13.3. The molecule has 2 aliphatic heterocycles. The summed E-state index contributed by atoms with van der Waals surface area (Å²) in [6.07, 6.45) is 6.91. The molecule has 0 spiro atoms. The average Bonchev–Trinajstić information content (AvgIpc) is 2.28. The van der Waals surface area contributed by atoms with Crippen LogP contribution in [0.15, 0.2) is 0 Å². The lowest BCUT2D eigenvalue weighted by Gasteiger charge is -2.49. The van der Waals surface area contributed by atoms with Gasteiger partial charge in [0.05, 0.1) is 0 Å². The fraction of sp³-hybridized carbons (Fsp3) is 1.00. The third-order valence-electron chi connectivity index (χ3n) is 4.51. The predicted molar refractivity (Wildman–Crippen MR) is 71.3 cm³/mol. The van der Waals surface area contributed by atoms with Gasteiger partial charge in [0.1, 0.15) is 0 Å². The van der Waals surface area contributed by atoms with Gasteiger partial charge in [-0.05, 0) is 38.6 Å². The molecule has 0 radical (unpaired) electrons. The first-order valence-electron chi connectivity index (χ1n) is 7.16. The number of hydrogen-bond donors (Lipinski definition) is 1. The van der Waals surface area contributed by atoms with Gasteiger partial charge in [0.25, 0.3) is 0 Å². The molecule has 2 rings (SSSR count). The van der Waals surface area contributed by atoms with Crippen molar-refractivity contribution in [3.63, 3.8) is 0 Å². The Hall–Kier alpha value is -0.120. The highest BCUT2D eigenvalue weighted by atomic mass is 16.5. The zero-order valence-corrected chi connectivity index (χ0v) is 11.6. The quantitative estimate of drug-likeness (QED) is 0.794. The summed E-state index contributed by atoms with van der Waals surface area (Å²) >= 11 is 0. The standard InChI is InChI=1S/C14H28N2O/c1-11(10-17-3)9-16-13-5-4-6-14(16)8-12(7-13)15-2/h11-15H,4-10H2,1-3H3. The predicted octanol–water partition coefficient (Wildman–Crippen LogP) is 1.87. The Balaban J connectivity index is 1.93. The molecule has 3 atom stereocenters. The number of ether oxygens (including phenoxy) is 1. The molecule has 17 heavy (non-hydrogen) atoms. The average molecular weight is 240 g/mol. The van der Waals surface area contributed by atoms with Gasteiger partial charge in [-0.15, -0.1) is 0 Å². The van der Waals surface area contributed by atoms with E-state index in [0.29, 0.717) is 5.92 Å². The van der Waals surface area contributed by atoms with Crippen molar-refractivity contribution in [1.29, 1.82) is 0 Å². The summed E-state index contributed by atoms with van der Waals surface area (Å²) in [4.78, 5) is 2.78. The number of piperidine rings is 2. The second-order valence-corrected chi connectivity index (χ2v) is 5.95. The first-order chi connectivity index (χ1) is 8.24. The summed E-state index contributed by atoms with van der Waals surface area (Å²) < 4.78 is 5.27. The highest BCUT2D eigenvalue weighted by Gasteiger charge is 2.37. The maximum atomic E-state index is 5.27. The van der Waals surface area contributed by atoms with Gasteiger partial charge >= 0.3 is 0 Å². The van der Waals surface area contributed by atoms with E-state index < -0.39 is 0 Å². The lowest BCUT2D eigenvalue weighted by atomic mass is 9.81. The third kappa shape index (κ3) is 3.21. The Morgan fingerprint density at radius 2 is 1.94 bits per heavy atom. The molecule has 2 bridgehead atoms. The fourth-order valence-corrected chi connectivity index (χ4v) is 3.71. The number of rotatable bonds is 5. The molecular formula is C14H28N2O. The Morgan fingerprint density at radius 1 is 1.29 bits per heavy atom. The highest BCUT2D eigenvalue weighted by molar-refractivity contribution is 4.94. The lowest BCUT2D eigenvalue weighted by Crippen LogP contribution is -2.56. The molecular weight excluding hydrogens is 212 g/mol. The van der Waals surface area contributed by atoms with Crippen molar-refractivity contribution in [2.24, 2.45) is 5.92 Å². The normalized spacial score (nSPS) is 35.8. The molecule has 3 unspecified atom stereocenters. The minimum atomic E-state index is 0.661. The molecule has 0 amide bonds. The molecule has 3 nitrogen and oxygen atoms in total. The molecule has 2 aliphatic rings. The summed E-state index contributed by atoms with van der Waals surface area (Å²) in [6.45, 7) is 4.42. The van der Waals surface area contributed by atoms with E-state index in [-0.39, 0.29) is 0 Å². The molecule has 2 fully saturated rings. The molecule has 100 valence electrons. The maximum absolute atomic E-state index is 5.27. The molecule has 1 N–H and O–H groups in total. The molecule has 2 heterocycles. The molecule has 0 aromatic carbocycles. The van der Waals surface area contributed by atoms with Gasteiger partial charge in [-0.25, -0.2) is 0 Å². The number of fused-ring (bicyclic) bond motifs is 2. The van der Waals surface area contributed by atoms with E-state index in [4.69, 9.17) is 4.74 Å². The van der Waals surface area contributed by atoms with Crippen molar-refractivity contribution in [2.45, 2.75) is 57.2 Å². The number of methoxy groups -OCH3 is 1. The SMILES string of the molecule is CNC1CC2CCCC(C1)N2CC(C)COC. The number of hydrogen-bond acceptors (Lipinski definition) is 3. The van der Waals surface area contributed by atoms with Gasteiger partial charge in [0.15, 0.2) is 0 Å². The Bertz CT molecular complexity index is 220. The van der Waals surface area contributed by atoms with Crippen molar-refractivity contribution in [1.82, 2.24) is 10.2 Å². The van der Waals surface area contributed by atoms with Gasteiger partial charge in [-0.3, -0.25) is 4.90 Å². The van der Waals surface area contributed by atoms with Crippen LogP contribution in [0.2, 0.25) is 0 Å². The fourth-order valence-electron chi connectivity index (χ4n) is 3.71. The lowest BCUT2D eigenvalue weighted by molar-refractivity contribution is 0.00522. The second kappa shape index (κ2) is 6.17. The van der Waals surface area contributed by atoms with Crippen LogP contribution in [-0.4, -0.2) is 50.3 Å². The summed E-state index contributed by atoms with van der Waals surface area (Å²) in [5, 5.41) is 3.48. The van der Waals surface area contributed by atoms with Crippen LogP contribution in [0, 0.1) is 5.92 Å². The van der Waals surface area contributed by atoms with Crippen molar-refractivity contribution in [3.05, 3.63) is 0 Å². The van der Waals surface area contributed by atoms with E-state index in [0.717, 1.165) is 24.7 Å². The van der Waals surface area contributed by atoms with Crippen molar-refractivity contribution < 1.29 is 4.74 Å². The van der Waals surface area contributed by atoms with E-state index in [1.54, 1.807) is 0 Å². The van der Waals surface area contributed by atoms with E-state index in [1.165, 1.54) is 38.6 Å². The molecule has 0 aliphatic carbocycles. The van der Waals surface area contributed by atoms with Crippen molar-refractivity contribution in [2.75, 3.05) is 27.3 Å². The van der Waals surface area contributed by atoms with Crippen LogP contribution >= 0.6 is 0 Å². The van der Waals surface area contributed by atoms with Gasteiger partial charge < -0.3 is 10.1 Å². The van der Waals surface area contributed by atoms with Crippen molar-refractivity contribution >= 4 is 0 Å². The number of nitrogens with one attached hydrogen (secondary N) is 1. The zero-order chi connectivity index (χ0) is 12.3. The monoisotopic (exact) mass is 240 g/mol. The van der Waals surface area contributed by atoms with Crippen LogP contribution in [0.1, 0.15) is 39.0 Å². The summed E-state index contributed by atoms with van der Waals surface area (Å²) in [5.41, 5.74) is 0. The number of nitrogens with zero attached hydrogens (tertiary/aromatic N) is 1. The Morgan fingerprint density at radius 3 is 2.47 bits per heavy atom. The van der Waals surface area contributed by atoms with Gasteiger partial charge in [-0.1, -0.05) is 13.3 Å². The summed E-state index contributed by atoms with van der Waals surface area (Å²) in [5.74, 6) is 0.661. The molecule has 3 heteroatoms. The second-order valence-electron chi connectivity index (χ2n) is 5.95. The van der Waals surface area contributed by atoms with Crippen LogP contribution in [0.4, 0.5) is 0 Å². The van der Waals surface area contributed by atoms with E-state index in [2.05, 4.69) is 24.2 Å². The molecule has 2 saturated heterocycles. The largest absolute Gasteiger partial charge is 0.384 e. The molecule has 0 aromatic rings. The smallest absolute Gasteiger partial charge is 0.0500 e. The topological polar surface area (TPSA) is 24.5 Å². The van der Waals surface area contributed by atoms with Crippen LogP contribution in [-0.2, 0) is 4.74 Å². The van der Waals surface area contributed by atoms with Crippen LogP contribution < -0.4 is 5.32 Å². The summed E-state index contributed by atoms with van der Waals surface area (Å²) in [7, 11) is 3.92. The van der Waals surface area contributed by atoms with Gasteiger partial charge in [-0.2, -0.15) is 0 Å². The van der Waals surface area contributed by atoms with Crippen LogP contribution in [0.25, 0.3) is 0 Å². The zero-order valence-electron chi connectivity index (χ0n) is 11.6. The minimum Gasteiger partial charge on any atom is -0.384 e. The first-order valence-corrected chi connectivity index (χ1v) is 7.16. The Kier molecular flexibility index (Phi) is 4.83. The van der Waals surface area contributed by atoms with E-state index >= 15 is 0 Å². The van der Waals surface area contributed by atoms with E-state index in [9.17, 15) is 0 Å². The highest BCUT2D eigenvalue weighted by Crippen LogP contribution is 2.34. The molecule has 0 aromatic heterocycles.